The second-order valence-electron chi connectivity index (χ2n) is 2.98. The molecule has 2 N–H and O–H groups in total. The Balaban J connectivity index is 2.68. The predicted molar refractivity (Wildman–Crippen MR) is 52.3 cm³/mol. The van der Waals surface area contributed by atoms with Gasteiger partial charge in [0.05, 0.1) is 17.9 Å². The summed E-state index contributed by atoms with van der Waals surface area (Å²) in [4.78, 5) is 0. The van der Waals surface area contributed by atoms with Crippen LogP contribution in [0.15, 0.2) is 12.7 Å². The summed E-state index contributed by atoms with van der Waals surface area (Å²) in [5.41, 5.74) is 7.59. The molecule has 1 aromatic rings. The van der Waals surface area contributed by atoms with Crippen molar-refractivity contribution in [2.45, 2.75) is 26.3 Å². The molecule has 1 aromatic heterocycles. The fourth-order valence-electron chi connectivity index (χ4n) is 1.19. The second-order valence-corrected chi connectivity index (χ2v) is 2.98. The van der Waals surface area contributed by atoms with Gasteiger partial charge in [0.2, 0.25) is 0 Å². The Hall–Kier alpha value is -1.16. The average molecular weight is 180 g/mol. The normalized spacial score (nSPS) is 10.3. The van der Waals surface area contributed by atoms with Gasteiger partial charge in [0, 0.05) is 0 Å². The lowest BCUT2D eigenvalue weighted by atomic mass is 10.2. The van der Waals surface area contributed by atoms with Crippen LogP contribution >= 0.6 is 0 Å². The Kier molecular flexibility index (Phi) is 3.64. The van der Waals surface area contributed by atoms with Gasteiger partial charge in [-0.15, -0.1) is 11.7 Å². The summed E-state index contributed by atoms with van der Waals surface area (Å²) in [5.74, 6) is 0. The number of aromatic nitrogens is 3. The van der Waals surface area contributed by atoms with E-state index in [1.54, 1.807) is 0 Å². The average Bonchev–Trinajstić information content (AvgIpc) is 2.46. The summed E-state index contributed by atoms with van der Waals surface area (Å²) in [6.45, 7) is 7.11. The minimum Gasteiger partial charge on any atom is -0.330 e. The third-order valence-corrected chi connectivity index (χ3v) is 2.00. The summed E-state index contributed by atoms with van der Waals surface area (Å²) >= 11 is 0. The van der Waals surface area contributed by atoms with Crippen molar-refractivity contribution in [2.75, 3.05) is 6.54 Å². The van der Waals surface area contributed by atoms with Crippen molar-refractivity contribution in [2.24, 2.45) is 5.73 Å². The van der Waals surface area contributed by atoms with E-state index >= 15 is 0 Å². The van der Waals surface area contributed by atoms with E-state index in [9.17, 15) is 0 Å². The van der Waals surface area contributed by atoms with Crippen molar-refractivity contribution < 1.29 is 0 Å². The Labute approximate surface area is 78.4 Å². The van der Waals surface area contributed by atoms with Gasteiger partial charge >= 0.3 is 0 Å². The fourth-order valence-corrected chi connectivity index (χ4v) is 1.19. The van der Waals surface area contributed by atoms with Crippen LogP contribution in [-0.2, 0) is 13.0 Å². The first kappa shape index (κ1) is 9.92. The van der Waals surface area contributed by atoms with Gasteiger partial charge in [-0.05, 0) is 26.3 Å². The molecule has 0 radical (unpaired) electrons. The molecule has 0 bridgehead atoms. The molecule has 0 spiro atoms. The molecule has 0 aliphatic rings. The van der Waals surface area contributed by atoms with E-state index < -0.39 is 0 Å². The van der Waals surface area contributed by atoms with Crippen LogP contribution in [-0.4, -0.2) is 21.5 Å². The lowest BCUT2D eigenvalue weighted by Gasteiger charge is -1.98. The summed E-state index contributed by atoms with van der Waals surface area (Å²) in [6, 6.07) is 0. The van der Waals surface area contributed by atoms with Crippen LogP contribution in [0.2, 0.25) is 0 Å². The van der Waals surface area contributed by atoms with Gasteiger partial charge < -0.3 is 5.73 Å². The van der Waals surface area contributed by atoms with Crippen molar-refractivity contribution in [1.29, 1.82) is 0 Å². The lowest BCUT2D eigenvalue weighted by molar-refractivity contribution is 0.645. The predicted octanol–water partition coefficient (Wildman–Crippen LogP) is 0.664. The number of rotatable bonds is 5. The van der Waals surface area contributed by atoms with Crippen molar-refractivity contribution in [3.8, 4) is 0 Å². The van der Waals surface area contributed by atoms with Gasteiger partial charge in [-0.1, -0.05) is 11.3 Å². The zero-order valence-electron chi connectivity index (χ0n) is 8.03. The standard InChI is InChI=1S/C9H16N4/c1-3-7-13-8(2)9(11-12-13)5-4-6-10/h3H,1,4-7,10H2,2H3. The number of nitrogens with zero attached hydrogens (tertiary/aromatic N) is 3. The molecule has 13 heavy (non-hydrogen) atoms. The molecule has 0 atom stereocenters. The fraction of sp³-hybridized carbons (Fsp3) is 0.556. The Morgan fingerprint density at radius 1 is 1.62 bits per heavy atom. The number of aryl methyl sites for hydroxylation is 1. The minimum atomic E-state index is 0.702. The second kappa shape index (κ2) is 4.77. The van der Waals surface area contributed by atoms with Gasteiger partial charge in [-0.2, -0.15) is 0 Å². The summed E-state index contributed by atoms with van der Waals surface area (Å²) in [6.07, 6.45) is 3.70. The smallest absolute Gasteiger partial charge is 0.0856 e. The molecule has 0 aliphatic carbocycles. The zero-order valence-corrected chi connectivity index (χ0v) is 8.03. The summed E-state index contributed by atoms with van der Waals surface area (Å²) in [7, 11) is 0. The molecule has 0 amide bonds. The molecule has 4 nitrogen and oxygen atoms in total. The highest BCUT2D eigenvalue weighted by Gasteiger charge is 2.05. The first-order valence-electron chi connectivity index (χ1n) is 4.49. The monoisotopic (exact) mass is 180 g/mol. The molecule has 1 heterocycles. The molecule has 4 heteroatoms. The zero-order chi connectivity index (χ0) is 9.68. The first-order chi connectivity index (χ1) is 6.29. The van der Waals surface area contributed by atoms with Crippen molar-refractivity contribution in [3.63, 3.8) is 0 Å². The number of nitrogens with two attached hydrogens (primary N) is 1. The van der Waals surface area contributed by atoms with Crippen LogP contribution in [0.25, 0.3) is 0 Å². The topological polar surface area (TPSA) is 56.7 Å². The van der Waals surface area contributed by atoms with Crippen LogP contribution < -0.4 is 5.73 Å². The molecule has 72 valence electrons. The highest BCUT2D eigenvalue weighted by atomic mass is 15.4. The van der Waals surface area contributed by atoms with Crippen LogP contribution in [0.1, 0.15) is 17.8 Å². The molecule has 0 aliphatic heterocycles. The van der Waals surface area contributed by atoms with E-state index in [-0.39, 0.29) is 0 Å². The molecule has 0 fully saturated rings. The maximum Gasteiger partial charge on any atom is 0.0856 e. The van der Waals surface area contributed by atoms with Gasteiger partial charge in [0.1, 0.15) is 0 Å². The summed E-state index contributed by atoms with van der Waals surface area (Å²) < 4.78 is 1.85. The van der Waals surface area contributed by atoms with Crippen LogP contribution in [0.3, 0.4) is 0 Å². The Morgan fingerprint density at radius 3 is 3.00 bits per heavy atom. The van der Waals surface area contributed by atoms with E-state index in [0.717, 1.165) is 30.8 Å². The molecular formula is C9H16N4. The van der Waals surface area contributed by atoms with Crippen molar-refractivity contribution in [1.82, 2.24) is 15.0 Å². The summed E-state index contributed by atoms with van der Waals surface area (Å²) in [5, 5.41) is 8.09. The van der Waals surface area contributed by atoms with E-state index in [0.29, 0.717) is 6.54 Å². The molecule has 0 saturated heterocycles. The quantitative estimate of drug-likeness (QED) is 0.677. The molecular weight excluding hydrogens is 164 g/mol. The van der Waals surface area contributed by atoms with Crippen molar-refractivity contribution >= 4 is 0 Å². The minimum absolute atomic E-state index is 0.702. The maximum absolute atomic E-state index is 5.42. The number of hydrogen-bond acceptors (Lipinski definition) is 3. The molecule has 0 saturated carbocycles. The number of allylic oxidation sites excluding steroid dienone is 1. The largest absolute Gasteiger partial charge is 0.330 e. The van der Waals surface area contributed by atoms with E-state index in [4.69, 9.17) is 5.73 Å². The van der Waals surface area contributed by atoms with Crippen LogP contribution in [0.5, 0.6) is 0 Å². The van der Waals surface area contributed by atoms with E-state index in [1.165, 1.54) is 0 Å². The maximum atomic E-state index is 5.42. The van der Waals surface area contributed by atoms with Gasteiger partial charge in [0.15, 0.2) is 0 Å². The number of hydrogen-bond donors (Lipinski definition) is 1. The Morgan fingerprint density at radius 2 is 2.38 bits per heavy atom. The van der Waals surface area contributed by atoms with E-state index in [2.05, 4.69) is 16.9 Å². The van der Waals surface area contributed by atoms with Crippen LogP contribution in [0.4, 0.5) is 0 Å². The van der Waals surface area contributed by atoms with Gasteiger partial charge in [0.25, 0.3) is 0 Å². The first-order valence-corrected chi connectivity index (χ1v) is 4.49. The molecule has 0 aromatic carbocycles. The van der Waals surface area contributed by atoms with E-state index in [1.807, 2.05) is 17.7 Å². The highest BCUT2D eigenvalue weighted by Crippen LogP contribution is 2.05. The highest BCUT2D eigenvalue weighted by molar-refractivity contribution is 5.08. The third kappa shape index (κ3) is 2.39. The Bertz CT molecular complexity index is 277. The molecule has 1 rings (SSSR count). The van der Waals surface area contributed by atoms with Crippen LogP contribution in [0, 0.1) is 6.92 Å². The van der Waals surface area contributed by atoms with Gasteiger partial charge in [-0.25, -0.2) is 4.68 Å². The van der Waals surface area contributed by atoms with Crippen molar-refractivity contribution in [3.05, 3.63) is 24.0 Å². The van der Waals surface area contributed by atoms with Gasteiger partial charge in [-0.3, -0.25) is 0 Å². The third-order valence-electron chi connectivity index (χ3n) is 2.00. The molecule has 0 unspecified atom stereocenters. The SMILES string of the molecule is C=CCn1nnc(CCCN)c1C. The lowest BCUT2D eigenvalue weighted by Crippen LogP contribution is -2.03.